The molecule has 0 aromatic carbocycles. The number of amides is 2. The van der Waals surface area contributed by atoms with Crippen molar-refractivity contribution in [3.05, 3.63) is 0 Å². The van der Waals surface area contributed by atoms with Gasteiger partial charge in [-0.25, -0.2) is 4.79 Å². The second-order valence-corrected chi connectivity index (χ2v) is 6.81. The van der Waals surface area contributed by atoms with Crippen molar-refractivity contribution >= 4 is 6.03 Å². The Bertz CT molecular complexity index is 294. The zero-order valence-electron chi connectivity index (χ0n) is 13.6. The Morgan fingerprint density at radius 3 is 2.50 bits per heavy atom. The monoisotopic (exact) mass is 284 g/mol. The Balaban J connectivity index is 2.31. The van der Waals surface area contributed by atoms with Crippen molar-refractivity contribution in [2.75, 3.05) is 13.6 Å². The molecule has 1 fully saturated rings. The first kappa shape index (κ1) is 17.3. The maximum absolute atomic E-state index is 12.1. The first-order valence-corrected chi connectivity index (χ1v) is 8.09. The Labute approximate surface area is 123 Å². The largest absolute Gasteiger partial charge is 0.393 e. The summed E-state index contributed by atoms with van der Waals surface area (Å²) < 4.78 is 0. The van der Waals surface area contributed by atoms with Gasteiger partial charge in [0.25, 0.3) is 0 Å². The lowest BCUT2D eigenvalue weighted by atomic mass is 9.86. The van der Waals surface area contributed by atoms with Gasteiger partial charge in [0.1, 0.15) is 0 Å². The minimum absolute atomic E-state index is 0.0148. The van der Waals surface area contributed by atoms with Crippen LogP contribution in [0, 0.1) is 11.8 Å². The predicted octanol–water partition coefficient (Wildman–Crippen LogP) is 3.00. The van der Waals surface area contributed by atoms with E-state index in [1.807, 2.05) is 7.05 Å². The molecule has 1 rings (SSSR count). The number of hydrogen-bond acceptors (Lipinski definition) is 2. The average molecular weight is 284 g/mol. The van der Waals surface area contributed by atoms with Gasteiger partial charge < -0.3 is 15.3 Å². The van der Waals surface area contributed by atoms with Crippen LogP contribution in [0.1, 0.15) is 59.3 Å². The Hall–Kier alpha value is -0.770. The van der Waals surface area contributed by atoms with E-state index < -0.39 is 0 Å². The highest BCUT2D eigenvalue weighted by Crippen LogP contribution is 2.24. The molecule has 0 heterocycles. The maximum Gasteiger partial charge on any atom is 0.317 e. The number of nitrogens with zero attached hydrogens (tertiary/aromatic N) is 1. The van der Waals surface area contributed by atoms with Crippen LogP contribution in [0.3, 0.4) is 0 Å². The first-order chi connectivity index (χ1) is 9.40. The highest BCUT2D eigenvalue weighted by atomic mass is 16.3. The highest BCUT2D eigenvalue weighted by molar-refractivity contribution is 5.74. The summed E-state index contributed by atoms with van der Waals surface area (Å²) in [5.74, 6) is 0.912. The molecule has 3 atom stereocenters. The van der Waals surface area contributed by atoms with Crippen molar-refractivity contribution in [1.29, 1.82) is 0 Å². The summed E-state index contributed by atoms with van der Waals surface area (Å²) in [5.41, 5.74) is 0. The summed E-state index contributed by atoms with van der Waals surface area (Å²) in [6.07, 6.45) is 6.10. The van der Waals surface area contributed by atoms with Crippen molar-refractivity contribution in [3.8, 4) is 0 Å². The molecular formula is C16H32N2O2. The van der Waals surface area contributed by atoms with Gasteiger partial charge >= 0.3 is 6.03 Å². The molecular weight excluding hydrogens is 252 g/mol. The third-order valence-corrected chi connectivity index (χ3v) is 4.27. The quantitative estimate of drug-likeness (QED) is 0.788. The summed E-state index contributed by atoms with van der Waals surface area (Å²) in [6.45, 7) is 7.11. The van der Waals surface area contributed by atoms with Crippen LogP contribution in [0.25, 0.3) is 0 Å². The number of carbonyl (C=O) groups is 1. The minimum Gasteiger partial charge on any atom is -0.393 e. The van der Waals surface area contributed by atoms with Gasteiger partial charge in [0.2, 0.25) is 0 Å². The molecule has 0 saturated heterocycles. The normalized spacial score (nSPS) is 24.5. The van der Waals surface area contributed by atoms with E-state index in [1.54, 1.807) is 4.90 Å². The second-order valence-electron chi connectivity index (χ2n) is 6.81. The van der Waals surface area contributed by atoms with Crippen LogP contribution >= 0.6 is 0 Å². The molecule has 2 amide bonds. The molecule has 0 bridgehead atoms. The van der Waals surface area contributed by atoms with Crippen molar-refractivity contribution < 1.29 is 9.90 Å². The zero-order valence-corrected chi connectivity index (χ0v) is 13.6. The number of carbonyl (C=O) groups excluding carboxylic acids is 1. The molecule has 0 aliphatic heterocycles. The lowest BCUT2D eigenvalue weighted by Crippen LogP contribution is -2.45. The lowest BCUT2D eigenvalue weighted by molar-refractivity contribution is 0.0563. The number of aliphatic hydroxyl groups is 1. The van der Waals surface area contributed by atoms with Crippen molar-refractivity contribution in [2.45, 2.75) is 71.4 Å². The fraction of sp³-hybridized carbons (Fsp3) is 0.938. The fourth-order valence-electron chi connectivity index (χ4n) is 2.81. The molecule has 0 aromatic rings. The van der Waals surface area contributed by atoms with Crippen LogP contribution in [-0.2, 0) is 0 Å². The SMILES string of the molecule is CC(C)CCC(C)NC(=O)N(C)CC1CCCCC1O. The summed E-state index contributed by atoms with van der Waals surface area (Å²) in [5, 5.41) is 13.0. The number of aliphatic hydroxyl groups excluding tert-OH is 1. The standard InChI is InChI=1S/C16H32N2O2/c1-12(2)9-10-13(3)17-16(20)18(4)11-14-7-5-6-8-15(14)19/h12-15,19H,5-11H2,1-4H3,(H,17,20). The maximum atomic E-state index is 12.1. The Morgan fingerprint density at radius 1 is 1.25 bits per heavy atom. The summed E-state index contributed by atoms with van der Waals surface area (Å²) in [6, 6.07) is 0.197. The van der Waals surface area contributed by atoms with Crippen LogP contribution in [0.5, 0.6) is 0 Å². The number of rotatable bonds is 6. The predicted molar refractivity (Wildman–Crippen MR) is 82.7 cm³/mol. The Morgan fingerprint density at radius 2 is 1.90 bits per heavy atom. The lowest BCUT2D eigenvalue weighted by Gasteiger charge is -2.31. The van der Waals surface area contributed by atoms with Gasteiger partial charge in [-0.2, -0.15) is 0 Å². The van der Waals surface area contributed by atoms with Crippen LogP contribution in [0.15, 0.2) is 0 Å². The molecule has 0 radical (unpaired) electrons. The number of urea groups is 1. The van der Waals surface area contributed by atoms with Gasteiger partial charge in [0.15, 0.2) is 0 Å². The Kier molecular flexibility index (Phi) is 7.35. The molecule has 1 saturated carbocycles. The van der Waals surface area contributed by atoms with Gasteiger partial charge in [-0.15, -0.1) is 0 Å². The van der Waals surface area contributed by atoms with Gasteiger partial charge in [-0.3, -0.25) is 0 Å². The van der Waals surface area contributed by atoms with Crippen LogP contribution in [0.2, 0.25) is 0 Å². The third-order valence-electron chi connectivity index (χ3n) is 4.27. The van der Waals surface area contributed by atoms with E-state index in [0.717, 1.165) is 32.1 Å². The van der Waals surface area contributed by atoms with E-state index in [-0.39, 0.29) is 24.1 Å². The van der Waals surface area contributed by atoms with Gasteiger partial charge in [-0.1, -0.05) is 26.7 Å². The topological polar surface area (TPSA) is 52.6 Å². The highest BCUT2D eigenvalue weighted by Gasteiger charge is 2.25. The smallest absolute Gasteiger partial charge is 0.317 e. The van der Waals surface area contributed by atoms with E-state index in [9.17, 15) is 9.90 Å². The first-order valence-electron chi connectivity index (χ1n) is 8.09. The van der Waals surface area contributed by atoms with Gasteiger partial charge in [-0.05, 0) is 38.5 Å². The van der Waals surface area contributed by atoms with E-state index in [2.05, 4.69) is 26.1 Å². The molecule has 1 aliphatic rings. The molecule has 3 unspecified atom stereocenters. The molecule has 0 aromatic heterocycles. The van der Waals surface area contributed by atoms with Crippen LogP contribution in [0.4, 0.5) is 4.79 Å². The van der Waals surface area contributed by atoms with Crippen molar-refractivity contribution in [3.63, 3.8) is 0 Å². The van der Waals surface area contributed by atoms with E-state index in [0.29, 0.717) is 12.5 Å². The van der Waals surface area contributed by atoms with Crippen LogP contribution < -0.4 is 5.32 Å². The fourth-order valence-corrected chi connectivity index (χ4v) is 2.81. The number of nitrogens with one attached hydrogen (secondary N) is 1. The molecule has 4 nitrogen and oxygen atoms in total. The van der Waals surface area contributed by atoms with Gasteiger partial charge in [0.05, 0.1) is 6.10 Å². The average Bonchev–Trinajstić information content (AvgIpc) is 2.39. The van der Waals surface area contributed by atoms with Gasteiger partial charge in [0, 0.05) is 25.6 Å². The second kappa shape index (κ2) is 8.50. The third kappa shape index (κ3) is 6.12. The van der Waals surface area contributed by atoms with E-state index >= 15 is 0 Å². The van der Waals surface area contributed by atoms with E-state index in [1.165, 1.54) is 6.42 Å². The summed E-state index contributed by atoms with van der Waals surface area (Å²) >= 11 is 0. The zero-order chi connectivity index (χ0) is 15.1. The van der Waals surface area contributed by atoms with Crippen molar-refractivity contribution in [1.82, 2.24) is 10.2 Å². The summed E-state index contributed by atoms with van der Waals surface area (Å²) in [7, 11) is 1.83. The van der Waals surface area contributed by atoms with Crippen molar-refractivity contribution in [2.24, 2.45) is 11.8 Å². The molecule has 2 N–H and O–H groups in total. The van der Waals surface area contributed by atoms with E-state index in [4.69, 9.17) is 0 Å². The molecule has 20 heavy (non-hydrogen) atoms. The minimum atomic E-state index is -0.239. The molecule has 4 heteroatoms. The molecule has 118 valence electrons. The van der Waals surface area contributed by atoms with Crippen LogP contribution in [-0.4, -0.2) is 41.8 Å². The molecule has 1 aliphatic carbocycles. The summed E-state index contributed by atoms with van der Waals surface area (Å²) in [4.78, 5) is 13.8. The number of hydrogen-bond donors (Lipinski definition) is 2. The molecule has 0 spiro atoms.